The fourth-order valence-corrected chi connectivity index (χ4v) is 3.44. The normalized spacial score (nSPS) is 18.3. The molecule has 0 aliphatic heterocycles. The van der Waals surface area contributed by atoms with Crippen LogP contribution >= 0.6 is 11.6 Å². The Morgan fingerprint density at radius 2 is 2.04 bits per heavy atom. The number of carbonyl (C=O) groups is 1. The lowest BCUT2D eigenvalue weighted by molar-refractivity contribution is -0.115. The molecule has 2 rings (SSSR count). The van der Waals surface area contributed by atoms with Crippen molar-refractivity contribution in [1.29, 1.82) is 0 Å². The molecule has 0 saturated heterocycles. The maximum atomic E-state index is 12.7. The number of allylic oxidation sites excluding steroid dienone is 2. The lowest BCUT2D eigenvalue weighted by Crippen LogP contribution is -2.21. The maximum absolute atomic E-state index is 12.7. The SMILES string of the molecule is CCC/C(=N\OCC)C1=CCC(c2nc(C)c(C)c(C)c2Cl)CC1=O. The largest absolute Gasteiger partial charge is 0.396 e. The summed E-state index contributed by atoms with van der Waals surface area (Å²) in [5.74, 6) is 0.119. The maximum Gasteiger partial charge on any atom is 0.165 e. The molecule has 1 aromatic rings. The molecule has 0 saturated carbocycles. The average Bonchev–Trinajstić information content (AvgIpc) is 2.60. The number of carbonyl (C=O) groups excluding carboxylic acids is 1. The van der Waals surface area contributed by atoms with E-state index < -0.39 is 0 Å². The molecule has 5 heteroatoms. The Bertz CT molecular complexity index is 723. The number of rotatable bonds is 6. The first-order valence-electron chi connectivity index (χ1n) is 8.96. The summed E-state index contributed by atoms with van der Waals surface area (Å²) in [5, 5.41) is 4.84. The van der Waals surface area contributed by atoms with Crippen molar-refractivity contribution in [3.63, 3.8) is 0 Å². The third kappa shape index (κ3) is 4.30. The minimum absolute atomic E-state index is 0.0247. The van der Waals surface area contributed by atoms with Crippen molar-refractivity contribution in [3.05, 3.63) is 39.2 Å². The van der Waals surface area contributed by atoms with Gasteiger partial charge in [0.05, 0.1) is 16.4 Å². The van der Waals surface area contributed by atoms with E-state index in [1.807, 2.05) is 33.8 Å². The van der Waals surface area contributed by atoms with Gasteiger partial charge in [0.1, 0.15) is 6.61 Å². The van der Waals surface area contributed by atoms with Crippen molar-refractivity contribution >= 4 is 23.1 Å². The zero-order valence-corrected chi connectivity index (χ0v) is 16.5. The van der Waals surface area contributed by atoms with Gasteiger partial charge in [0, 0.05) is 23.6 Å². The van der Waals surface area contributed by atoms with E-state index in [-0.39, 0.29) is 11.7 Å². The van der Waals surface area contributed by atoms with E-state index >= 15 is 0 Å². The molecule has 0 spiro atoms. The summed E-state index contributed by atoms with van der Waals surface area (Å²) in [7, 11) is 0. The summed E-state index contributed by atoms with van der Waals surface area (Å²) in [5.41, 5.74) is 5.43. The van der Waals surface area contributed by atoms with Crippen LogP contribution in [0.4, 0.5) is 0 Å². The third-order valence-electron chi connectivity index (χ3n) is 4.77. The van der Waals surface area contributed by atoms with Crippen LogP contribution < -0.4 is 0 Å². The lowest BCUT2D eigenvalue weighted by atomic mass is 9.83. The molecule has 136 valence electrons. The van der Waals surface area contributed by atoms with E-state index in [0.717, 1.165) is 47.5 Å². The van der Waals surface area contributed by atoms with Gasteiger partial charge >= 0.3 is 0 Å². The minimum Gasteiger partial charge on any atom is -0.396 e. The van der Waals surface area contributed by atoms with Crippen LogP contribution in [0.5, 0.6) is 0 Å². The molecule has 1 heterocycles. The predicted molar refractivity (Wildman–Crippen MR) is 102 cm³/mol. The first kappa shape index (κ1) is 19.6. The smallest absolute Gasteiger partial charge is 0.165 e. The van der Waals surface area contributed by atoms with Crippen LogP contribution in [0.25, 0.3) is 0 Å². The number of aryl methyl sites for hydroxylation is 1. The molecule has 25 heavy (non-hydrogen) atoms. The van der Waals surface area contributed by atoms with E-state index in [9.17, 15) is 4.79 Å². The second-order valence-electron chi connectivity index (χ2n) is 6.53. The fourth-order valence-electron chi connectivity index (χ4n) is 3.10. The van der Waals surface area contributed by atoms with Crippen molar-refractivity contribution in [2.24, 2.45) is 5.16 Å². The second-order valence-corrected chi connectivity index (χ2v) is 6.91. The van der Waals surface area contributed by atoms with Gasteiger partial charge in [-0.05, 0) is 51.7 Å². The Kier molecular flexibility index (Phi) is 6.77. The van der Waals surface area contributed by atoms with Crippen LogP contribution in [0.1, 0.15) is 68.0 Å². The highest BCUT2D eigenvalue weighted by molar-refractivity contribution is 6.32. The van der Waals surface area contributed by atoms with E-state index in [0.29, 0.717) is 23.6 Å². The first-order valence-corrected chi connectivity index (χ1v) is 9.34. The van der Waals surface area contributed by atoms with Crippen LogP contribution in [0.3, 0.4) is 0 Å². The van der Waals surface area contributed by atoms with Crippen molar-refractivity contribution in [3.8, 4) is 0 Å². The summed E-state index contributed by atoms with van der Waals surface area (Å²) in [4.78, 5) is 22.6. The molecule has 1 aromatic heterocycles. The van der Waals surface area contributed by atoms with E-state index in [2.05, 4.69) is 17.1 Å². The number of aromatic nitrogens is 1. The summed E-state index contributed by atoms with van der Waals surface area (Å²) in [6.45, 7) is 10.5. The summed E-state index contributed by atoms with van der Waals surface area (Å²) in [6.07, 6.45) is 4.79. The van der Waals surface area contributed by atoms with Gasteiger partial charge in [0.15, 0.2) is 5.78 Å². The van der Waals surface area contributed by atoms with Gasteiger partial charge in [-0.15, -0.1) is 0 Å². The van der Waals surface area contributed by atoms with Gasteiger partial charge in [-0.3, -0.25) is 9.78 Å². The quantitative estimate of drug-likeness (QED) is 0.514. The van der Waals surface area contributed by atoms with Crippen LogP contribution in [-0.2, 0) is 9.63 Å². The zero-order chi connectivity index (χ0) is 18.6. The lowest BCUT2D eigenvalue weighted by Gasteiger charge is -2.23. The van der Waals surface area contributed by atoms with Crippen LogP contribution in [0.15, 0.2) is 16.8 Å². The highest BCUT2D eigenvalue weighted by Crippen LogP contribution is 2.36. The summed E-state index contributed by atoms with van der Waals surface area (Å²) < 4.78 is 0. The van der Waals surface area contributed by atoms with Gasteiger partial charge < -0.3 is 4.84 Å². The number of nitrogens with zero attached hydrogens (tertiary/aromatic N) is 2. The summed E-state index contributed by atoms with van der Waals surface area (Å²) in [6, 6.07) is 0. The highest BCUT2D eigenvalue weighted by Gasteiger charge is 2.29. The third-order valence-corrected chi connectivity index (χ3v) is 5.25. The predicted octanol–water partition coefficient (Wildman–Crippen LogP) is 5.23. The minimum atomic E-state index is 0.0247. The van der Waals surface area contributed by atoms with E-state index in [4.69, 9.17) is 16.4 Å². The van der Waals surface area contributed by atoms with Gasteiger partial charge in [0.2, 0.25) is 0 Å². The number of hydrogen-bond donors (Lipinski definition) is 0. The Labute approximate surface area is 155 Å². The number of Topliss-reactive ketones (excluding diaryl/α,β-unsaturated/α-hetero) is 1. The van der Waals surface area contributed by atoms with Crippen LogP contribution in [0, 0.1) is 20.8 Å². The molecule has 0 amide bonds. The average molecular weight is 363 g/mol. The second kappa shape index (κ2) is 8.61. The molecule has 0 fully saturated rings. The molecular formula is C20H27ClN2O2. The highest BCUT2D eigenvalue weighted by atomic mass is 35.5. The monoisotopic (exact) mass is 362 g/mol. The van der Waals surface area contributed by atoms with Crippen molar-refractivity contribution in [1.82, 2.24) is 4.98 Å². The number of ketones is 1. The van der Waals surface area contributed by atoms with Gasteiger partial charge in [-0.2, -0.15) is 0 Å². The Balaban J connectivity index is 2.31. The molecule has 1 aliphatic rings. The molecule has 1 unspecified atom stereocenters. The van der Waals surface area contributed by atoms with Gasteiger partial charge in [-0.25, -0.2) is 0 Å². The standard InChI is InChI=1S/C20H27ClN2O2/c1-6-8-17(23-25-7-2)16-10-9-15(11-18(16)24)20-19(21)13(4)12(3)14(5)22-20/h10,15H,6-9,11H2,1-5H3/b23-17+. The van der Waals surface area contributed by atoms with Crippen LogP contribution in [0.2, 0.25) is 5.02 Å². The van der Waals surface area contributed by atoms with Crippen molar-refractivity contribution < 1.29 is 9.63 Å². The summed E-state index contributed by atoms with van der Waals surface area (Å²) >= 11 is 6.53. The zero-order valence-electron chi connectivity index (χ0n) is 15.8. The molecule has 1 atom stereocenters. The number of pyridine rings is 1. The first-order chi connectivity index (χ1) is 11.9. The van der Waals surface area contributed by atoms with E-state index in [1.54, 1.807) is 0 Å². The Morgan fingerprint density at radius 1 is 1.32 bits per heavy atom. The Hall–Kier alpha value is -1.68. The van der Waals surface area contributed by atoms with Crippen LogP contribution in [-0.4, -0.2) is 23.1 Å². The molecule has 0 bridgehead atoms. The molecule has 1 aliphatic carbocycles. The van der Waals surface area contributed by atoms with E-state index in [1.165, 1.54) is 0 Å². The molecule has 0 aromatic carbocycles. The van der Waals surface area contributed by atoms with Crippen molar-refractivity contribution in [2.45, 2.75) is 66.2 Å². The topological polar surface area (TPSA) is 51.6 Å². The molecule has 0 radical (unpaired) electrons. The number of hydrogen-bond acceptors (Lipinski definition) is 4. The molecule has 0 N–H and O–H groups in total. The molecule has 4 nitrogen and oxygen atoms in total. The fraction of sp³-hybridized carbons (Fsp3) is 0.550. The van der Waals surface area contributed by atoms with Gasteiger partial charge in [0.25, 0.3) is 0 Å². The van der Waals surface area contributed by atoms with Crippen molar-refractivity contribution in [2.75, 3.05) is 6.61 Å². The Morgan fingerprint density at radius 3 is 2.64 bits per heavy atom. The molecular weight excluding hydrogens is 336 g/mol. The number of halogens is 1. The number of oxime groups is 1. The van der Waals surface area contributed by atoms with Gasteiger partial charge in [-0.1, -0.05) is 36.2 Å².